The van der Waals surface area contributed by atoms with E-state index in [1.54, 1.807) is 14.2 Å². The summed E-state index contributed by atoms with van der Waals surface area (Å²) in [5.41, 5.74) is 0. The van der Waals surface area contributed by atoms with E-state index in [0.29, 0.717) is 0 Å². The maximum Gasteiger partial charge on any atom is 0.291 e. The highest BCUT2D eigenvalue weighted by Crippen LogP contribution is 2.19. The molecule has 0 aromatic heterocycles. The van der Waals surface area contributed by atoms with Crippen LogP contribution in [0.15, 0.2) is 48.5 Å². The van der Waals surface area contributed by atoms with Gasteiger partial charge in [-0.2, -0.15) is 0 Å². The molecule has 2 rings (SSSR count). The zero-order valence-corrected chi connectivity index (χ0v) is 15.9. The first-order chi connectivity index (χ1) is 11.1. The monoisotopic (exact) mass is 349 g/mol. The van der Waals surface area contributed by atoms with Crippen molar-refractivity contribution in [3.8, 4) is 11.5 Å². The van der Waals surface area contributed by atoms with Crippen LogP contribution >= 0.6 is 11.1 Å². The largest absolute Gasteiger partial charge is 0.497 e. The van der Waals surface area contributed by atoms with Gasteiger partial charge in [0.05, 0.1) is 14.2 Å². The Kier molecular flexibility index (Phi) is 6.10. The quantitative estimate of drug-likeness (QED) is 0.566. The van der Waals surface area contributed by atoms with Crippen molar-refractivity contribution in [1.29, 1.82) is 0 Å². The number of nitrogens with zero attached hydrogens (tertiary/aromatic N) is 1. The third-order valence-corrected chi connectivity index (χ3v) is 9.87. The molecule has 5 heteroatoms. The lowest BCUT2D eigenvalue weighted by Gasteiger charge is -2.36. The number of ether oxygens (including phenoxy) is 2. The van der Waals surface area contributed by atoms with E-state index in [4.69, 9.17) is 20.6 Å². The first kappa shape index (κ1) is 17.9. The van der Waals surface area contributed by atoms with E-state index in [0.717, 1.165) is 35.0 Å². The molecule has 2 aromatic carbocycles. The molecule has 0 aliphatic heterocycles. The van der Waals surface area contributed by atoms with E-state index in [1.807, 2.05) is 24.3 Å². The van der Waals surface area contributed by atoms with Crippen molar-refractivity contribution in [3.05, 3.63) is 48.5 Å². The summed E-state index contributed by atoms with van der Waals surface area (Å²) in [5, 5.41) is 2.32. The minimum Gasteiger partial charge on any atom is -0.497 e. The Morgan fingerprint density at radius 3 is 1.39 bits per heavy atom. The Morgan fingerprint density at radius 1 is 0.783 bits per heavy atom. The van der Waals surface area contributed by atoms with Gasteiger partial charge in [-0.3, -0.25) is 0 Å². The molecule has 0 N–H and O–H groups in total. The van der Waals surface area contributed by atoms with Crippen LogP contribution in [-0.2, 0) is 0 Å². The van der Waals surface area contributed by atoms with Crippen molar-refractivity contribution >= 4 is 29.0 Å². The molecular weight excluding hydrogens is 326 g/mol. The molecule has 124 valence electrons. The molecule has 0 aliphatic rings. The SMILES string of the molecule is CCN(CC)[Si](Cl)(c1ccc(OC)cc1)c1ccc(OC)cc1. The number of benzene rings is 2. The fourth-order valence-corrected chi connectivity index (χ4v) is 7.44. The normalized spacial score (nSPS) is 11.6. The lowest BCUT2D eigenvalue weighted by molar-refractivity contribution is 0.415. The minimum absolute atomic E-state index is 0.844. The maximum absolute atomic E-state index is 7.33. The molecule has 2 aromatic rings. The molecule has 0 heterocycles. The molecule has 0 bridgehead atoms. The summed E-state index contributed by atoms with van der Waals surface area (Å²) >= 11 is 7.33. The van der Waals surface area contributed by atoms with Crippen molar-refractivity contribution in [1.82, 2.24) is 4.57 Å². The molecule has 0 radical (unpaired) electrons. The van der Waals surface area contributed by atoms with E-state index in [2.05, 4.69) is 42.7 Å². The van der Waals surface area contributed by atoms with Gasteiger partial charge in [0.1, 0.15) is 11.5 Å². The van der Waals surface area contributed by atoms with Crippen molar-refractivity contribution in [2.24, 2.45) is 0 Å². The van der Waals surface area contributed by atoms with E-state index in [1.165, 1.54) is 0 Å². The van der Waals surface area contributed by atoms with Gasteiger partial charge < -0.3 is 14.0 Å². The second-order valence-electron chi connectivity index (χ2n) is 5.25. The highest BCUT2D eigenvalue weighted by atomic mass is 35.6. The summed E-state index contributed by atoms with van der Waals surface area (Å²) in [7, 11) is 0.842. The van der Waals surface area contributed by atoms with Crippen LogP contribution in [0.4, 0.5) is 0 Å². The predicted octanol–water partition coefficient (Wildman–Crippen LogP) is 2.84. The van der Waals surface area contributed by atoms with Gasteiger partial charge in [-0.25, -0.2) is 0 Å². The van der Waals surface area contributed by atoms with Crippen LogP contribution in [0.3, 0.4) is 0 Å². The molecule has 0 saturated heterocycles. The molecule has 0 unspecified atom stereocenters. The number of halogens is 1. The number of hydrogen-bond donors (Lipinski definition) is 0. The fraction of sp³-hybridized carbons (Fsp3) is 0.333. The smallest absolute Gasteiger partial charge is 0.291 e. The standard InChI is InChI=1S/C18H24ClNO2Si/c1-5-20(6-2)23(19,17-11-7-15(21-3)8-12-17)18-13-9-16(22-4)10-14-18/h7-14H,5-6H2,1-4H3. The van der Waals surface area contributed by atoms with Crippen molar-refractivity contribution < 1.29 is 9.47 Å². The Morgan fingerprint density at radius 2 is 1.13 bits per heavy atom. The van der Waals surface area contributed by atoms with Gasteiger partial charge in [0.15, 0.2) is 0 Å². The van der Waals surface area contributed by atoms with Gasteiger partial charge in [-0.05, 0) is 47.7 Å². The van der Waals surface area contributed by atoms with Gasteiger partial charge in [0.2, 0.25) is 0 Å². The number of rotatable bonds is 7. The topological polar surface area (TPSA) is 21.7 Å². The minimum atomic E-state index is -2.51. The summed E-state index contributed by atoms with van der Waals surface area (Å²) in [4.78, 5) is 0. The molecule has 3 nitrogen and oxygen atoms in total. The third kappa shape index (κ3) is 3.55. The van der Waals surface area contributed by atoms with E-state index >= 15 is 0 Å². The highest BCUT2D eigenvalue weighted by Gasteiger charge is 2.41. The molecule has 0 atom stereocenters. The summed E-state index contributed by atoms with van der Waals surface area (Å²) in [5.74, 6) is 1.69. The van der Waals surface area contributed by atoms with Crippen LogP contribution in [0.1, 0.15) is 13.8 Å². The first-order valence-corrected chi connectivity index (χ1v) is 10.8. The van der Waals surface area contributed by atoms with Crippen LogP contribution in [0.5, 0.6) is 11.5 Å². The van der Waals surface area contributed by atoms with Gasteiger partial charge in [0, 0.05) is 0 Å². The molecule has 0 saturated carbocycles. The van der Waals surface area contributed by atoms with E-state index in [9.17, 15) is 0 Å². The molecule has 0 spiro atoms. The van der Waals surface area contributed by atoms with E-state index in [-0.39, 0.29) is 0 Å². The molecule has 0 amide bonds. The van der Waals surface area contributed by atoms with Crippen LogP contribution in [-0.4, -0.2) is 39.4 Å². The van der Waals surface area contributed by atoms with Crippen molar-refractivity contribution in [2.45, 2.75) is 13.8 Å². The zero-order valence-electron chi connectivity index (χ0n) is 14.2. The maximum atomic E-state index is 7.33. The van der Waals surface area contributed by atoms with Crippen LogP contribution in [0.25, 0.3) is 0 Å². The average Bonchev–Trinajstić information content (AvgIpc) is 2.62. The number of hydrogen-bond acceptors (Lipinski definition) is 3. The molecular formula is C18H24ClNO2Si. The molecule has 0 fully saturated rings. The van der Waals surface area contributed by atoms with Crippen LogP contribution < -0.4 is 19.8 Å². The second kappa shape index (κ2) is 7.86. The Hall–Kier alpha value is -1.49. The lowest BCUT2D eigenvalue weighted by atomic mass is 10.3. The summed E-state index contributed by atoms with van der Waals surface area (Å²) in [6, 6.07) is 16.3. The van der Waals surface area contributed by atoms with Gasteiger partial charge in [-0.1, -0.05) is 38.1 Å². The second-order valence-corrected chi connectivity index (χ2v) is 9.92. The molecule has 0 aliphatic carbocycles. The summed E-state index contributed by atoms with van der Waals surface area (Å²) < 4.78 is 12.9. The van der Waals surface area contributed by atoms with Crippen LogP contribution in [0.2, 0.25) is 0 Å². The Labute approximate surface area is 144 Å². The fourth-order valence-electron chi connectivity index (χ4n) is 2.81. The predicted molar refractivity (Wildman–Crippen MR) is 99.8 cm³/mol. The molecule has 23 heavy (non-hydrogen) atoms. The van der Waals surface area contributed by atoms with Gasteiger partial charge >= 0.3 is 0 Å². The Balaban J connectivity index is 2.53. The average molecular weight is 350 g/mol. The van der Waals surface area contributed by atoms with Crippen molar-refractivity contribution in [2.75, 3.05) is 27.3 Å². The third-order valence-electron chi connectivity index (χ3n) is 4.14. The Bertz CT molecular complexity index is 564. The zero-order chi connectivity index (χ0) is 16.9. The van der Waals surface area contributed by atoms with E-state index < -0.39 is 7.55 Å². The summed E-state index contributed by atoms with van der Waals surface area (Å²) in [6.07, 6.45) is 0. The van der Waals surface area contributed by atoms with Crippen LogP contribution in [0, 0.1) is 0 Å². The van der Waals surface area contributed by atoms with Gasteiger partial charge in [-0.15, -0.1) is 11.1 Å². The van der Waals surface area contributed by atoms with Gasteiger partial charge in [0.25, 0.3) is 7.55 Å². The van der Waals surface area contributed by atoms with Crippen molar-refractivity contribution in [3.63, 3.8) is 0 Å². The lowest BCUT2D eigenvalue weighted by Crippen LogP contribution is -2.66. The highest BCUT2D eigenvalue weighted by molar-refractivity contribution is 7.32. The summed E-state index contributed by atoms with van der Waals surface area (Å²) in [6.45, 7) is 6.12. The first-order valence-electron chi connectivity index (χ1n) is 7.83. The number of methoxy groups -OCH3 is 2.